The van der Waals surface area contributed by atoms with E-state index < -0.39 is 0 Å². The van der Waals surface area contributed by atoms with Gasteiger partial charge in [0.15, 0.2) is 0 Å². The summed E-state index contributed by atoms with van der Waals surface area (Å²) in [7, 11) is 0. The van der Waals surface area contributed by atoms with E-state index in [1.807, 2.05) is 12.3 Å². The molecule has 0 aliphatic heterocycles. The van der Waals surface area contributed by atoms with Gasteiger partial charge in [-0.2, -0.15) is 0 Å². The molecule has 0 saturated heterocycles. The van der Waals surface area contributed by atoms with E-state index in [0.29, 0.717) is 12.1 Å². The average Bonchev–Trinajstić information content (AvgIpc) is 3.21. The SMILES string of the molecule is CCC1CCCC(NC(=O)c2cc(Br)cn2C2CC2)C1. The van der Waals surface area contributed by atoms with E-state index in [-0.39, 0.29) is 5.91 Å². The topological polar surface area (TPSA) is 34.0 Å². The van der Waals surface area contributed by atoms with Crippen LogP contribution in [-0.4, -0.2) is 16.5 Å². The van der Waals surface area contributed by atoms with Crippen molar-refractivity contribution in [3.63, 3.8) is 0 Å². The van der Waals surface area contributed by atoms with Crippen LogP contribution in [0.4, 0.5) is 0 Å². The molecule has 0 radical (unpaired) electrons. The van der Waals surface area contributed by atoms with Crippen molar-refractivity contribution in [1.29, 1.82) is 0 Å². The smallest absolute Gasteiger partial charge is 0.268 e. The van der Waals surface area contributed by atoms with Crippen LogP contribution in [-0.2, 0) is 0 Å². The van der Waals surface area contributed by atoms with E-state index in [2.05, 4.69) is 32.7 Å². The molecule has 1 N–H and O–H groups in total. The van der Waals surface area contributed by atoms with Crippen molar-refractivity contribution < 1.29 is 4.79 Å². The van der Waals surface area contributed by atoms with E-state index in [9.17, 15) is 4.79 Å². The lowest BCUT2D eigenvalue weighted by molar-refractivity contribution is 0.0909. The molecule has 1 aromatic rings. The third-order valence-corrected chi connectivity index (χ3v) is 5.12. The number of aromatic nitrogens is 1. The summed E-state index contributed by atoms with van der Waals surface area (Å²) in [5.74, 6) is 0.889. The lowest BCUT2D eigenvalue weighted by Crippen LogP contribution is -2.39. The number of hydrogen-bond donors (Lipinski definition) is 1. The first-order valence-corrected chi connectivity index (χ1v) is 8.65. The Hall–Kier alpha value is -0.770. The molecule has 2 unspecified atom stereocenters. The fourth-order valence-corrected chi connectivity index (χ4v) is 3.77. The van der Waals surface area contributed by atoms with Crippen LogP contribution in [0, 0.1) is 5.92 Å². The number of halogens is 1. The predicted octanol–water partition coefficient (Wildman–Crippen LogP) is 4.28. The second-order valence-electron chi connectivity index (χ2n) is 6.29. The van der Waals surface area contributed by atoms with E-state index in [0.717, 1.165) is 28.9 Å². The van der Waals surface area contributed by atoms with Gasteiger partial charge in [0.1, 0.15) is 5.69 Å². The summed E-state index contributed by atoms with van der Waals surface area (Å²) >= 11 is 3.49. The van der Waals surface area contributed by atoms with Crippen LogP contribution in [0.1, 0.15) is 68.4 Å². The fraction of sp³-hybridized carbons (Fsp3) is 0.688. The number of nitrogens with one attached hydrogen (secondary N) is 1. The number of nitrogens with zero attached hydrogens (tertiary/aromatic N) is 1. The van der Waals surface area contributed by atoms with Crippen molar-refractivity contribution in [1.82, 2.24) is 9.88 Å². The Labute approximate surface area is 129 Å². The summed E-state index contributed by atoms with van der Waals surface area (Å²) in [6.45, 7) is 2.25. The van der Waals surface area contributed by atoms with Gasteiger partial charge in [0, 0.05) is 22.8 Å². The number of amides is 1. The molecule has 2 fully saturated rings. The molecule has 1 aromatic heterocycles. The molecule has 2 aliphatic carbocycles. The molecule has 2 aliphatic rings. The maximum atomic E-state index is 12.5. The minimum absolute atomic E-state index is 0.101. The maximum Gasteiger partial charge on any atom is 0.268 e. The minimum Gasteiger partial charge on any atom is -0.348 e. The normalized spacial score (nSPS) is 26.5. The summed E-state index contributed by atoms with van der Waals surface area (Å²) in [4.78, 5) is 12.5. The molecular formula is C16H23BrN2O. The second-order valence-corrected chi connectivity index (χ2v) is 7.21. The number of rotatable bonds is 4. The van der Waals surface area contributed by atoms with Gasteiger partial charge in [-0.3, -0.25) is 4.79 Å². The van der Waals surface area contributed by atoms with Gasteiger partial charge in [-0.05, 0) is 53.6 Å². The summed E-state index contributed by atoms with van der Waals surface area (Å²) < 4.78 is 3.14. The fourth-order valence-electron chi connectivity index (χ4n) is 3.33. The average molecular weight is 339 g/mol. The zero-order valence-corrected chi connectivity index (χ0v) is 13.7. The van der Waals surface area contributed by atoms with Crippen LogP contribution in [0.5, 0.6) is 0 Å². The zero-order valence-electron chi connectivity index (χ0n) is 12.1. The van der Waals surface area contributed by atoms with Gasteiger partial charge in [0.2, 0.25) is 0 Å². The van der Waals surface area contributed by atoms with Crippen LogP contribution < -0.4 is 5.32 Å². The van der Waals surface area contributed by atoms with E-state index in [1.165, 1.54) is 32.1 Å². The van der Waals surface area contributed by atoms with Gasteiger partial charge in [-0.15, -0.1) is 0 Å². The molecule has 110 valence electrons. The van der Waals surface area contributed by atoms with Gasteiger partial charge in [0.05, 0.1) is 0 Å². The third-order valence-electron chi connectivity index (χ3n) is 4.68. The summed E-state index contributed by atoms with van der Waals surface area (Å²) in [5.41, 5.74) is 0.818. The molecule has 3 nitrogen and oxygen atoms in total. The van der Waals surface area contributed by atoms with Crippen LogP contribution in [0.2, 0.25) is 0 Å². The highest BCUT2D eigenvalue weighted by atomic mass is 79.9. The Bertz CT molecular complexity index is 493. The Morgan fingerprint density at radius 1 is 1.40 bits per heavy atom. The highest BCUT2D eigenvalue weighted by molar-refractivity contribution is 9.10. The zero-order chi connectivity index (χ0) is 14.1. The van der Waals surface area contributed by atoms with Gasteiger partial charge in [-0.25, -0.2) is 0 Å². The first-order valence-electron chi connectivity index (χ1n) is 7.85. The van der Waals surface area contributed by atoms with Gasteiger partial charge >= 0.3 is 0 Å². The van der Waals surface area contributed by atoms with Crippen LogP contribution in [0.25, 0.3) is 0 Å². The molecule has 2 atom stereocenters. The summed E-state index contributed by atoms with van der Waals surface area (Å²) in [6, 6.07) is 2.85. The number of carbonyl (C=O) groups is 1. The molecule has 1 amide bonds. The highest BCUT2D eigenvalue weighted by Crippen LogP contribution is 2.37. The van der Waals surface area contributed by atoms with E-state index in [4.69, 9.17) is 0 Å². The van der Waals surface area contributed by atoms with Crippen LogP contribution in [0.3, 0.4) is 0 Å². The van der Waals surface area contributed by atoms with E-state index in [1.54, 1.807) is 0 Å². The van der Waals surface area contributed by atoms with Crippen molar-refractivity contribution in [2.45, 2.75) is 64.0 Å². The third kappa shape index (κ3) is 3.11. The largest absolute Gasteiger partial charge is 0.348 e. The Morgan fingerprint density at radius 2 is 2.20 bits per heavy atom. The first-order chi connectivity index (χ1) is 9.67. The van der Waals surface area contributed by atoms with Crippen LogP contribution in [0.15, 0.2) is 16.7 Å². The molecule has 2 saturated carbocycles. The van der Waals surface area contributed by atoms with Crippen LogP contribution >= 0.6 is 15.9 Å². The molecule has 0 aromatic carbocycles. The second kappa shape index (κ2) is 5.92. The quantitative estimate of drug-likeness (QED) is 0.873. The molecular weight excluding hydrogens is 316 g/mol. The minimum atomic E-state index is 0.101. The van der Waals surface area contributed by atoms with Crippen molar-refractivity contribution in [3.8, 4) is 0 Å². The first kappa shape index (κ1) is 14.2. The number of carbonyl (C=O) groups excluding carboxylic acids is 1. The van der Waals surface area contributed by atoms with Gasteiger partial charge in [0.25, 0.3) is 5.91 Å². The molecule has 20 heavy (non-hydrogen) atoms. The maximum absolute atomic E-state index is 12.5. The van der Waals surface area contributed by atoms with Gasteiger partial charge < -0.3 is 9.88 Å². The Morgan fingerprint density at radius 3 is 2.90 bits per heavy atom. The van der Waals surface area contributed by atoms with Crippen molar-refractivity contribution >= 4 is 21.8 Å². The highest BCUT2D eigenvalue weighted by Gasteiger charge is 2.29. The molecule has 4 heteroatoms. The lowest BCUT2D eigenvalue weighted by Gasteiger charge is -2.29. The molecule has 3 rings (SSSR count). The van der Waals surface area contributed by atoms with Gasteiger partial charge in [-0.1, -0.05) is 26.2 Å². The Balaban J connectivity index is 1.67. The molecule has 0 bridgehead atoms. The summed E-state index contributed by atoms with van der Waals surface area (Å²) in [6.07, 6.45) is 10.5. The standard InChI is InChI=1S/C16H23BrN2O/c1-2-11-4-3-5-13(8-11)18-16(20)15-9-12(17)10-19(15)14-6-7-14/h9-11,13-14H,2-8H2,1H3,(H,18,20). The summed E-state index contributed by atoms with van der Waals surface area (Å²) in [5, 5.41) is 3.26. The monoisotopic (exact) mass is 338 g/mol. The molecule has 1 heterocycles. The lowest BCUT2D eigenvalue weighted by atomic mass is 9.84. The van der Waals surface area contributed by atoms with Crippen molar-refractivity contribution in [3.05, 3.63) is 22.4 Å². The van der Waals surface area contributed by atoms with Crippen molar-refractivity contribution in [2.24, 2.45) is 5.92 Å². The van der Waals surface area contributed by atoms with Crippen molar-refractivity contribution in [2.75, 3.05) is 0 Å². The predicted molar refractivity (Wildman–Crippen MR) is 83.9 cm³/mol. The molecule has 0 spiro atoms. The van der Waals surface area contributed by atoms with E-state index >= 15 is 0 Å². The number of hydrogen-bond acceptors (Lipinski definition) is 1. The Kier molecular flexibility index (Phi) is 4.20.